The molecule has 15 heavy (non-hydrogen) atoms. The van der Waals surface area contributed by atoms with Gasteiger partial charge in [0.25, 0.3) is 0 Å². The van der Waals surface area contributed by atoms with Gasteiger partial charge in [-0.05, 0) is 11.6 Å². The van der Waals surface area contributed by atoms with E-state index in [0.717, 1.165) is 16.5 Å². The molecule has 0 aliphatic heterocycles. The number of nitrogens with zero attached hydrogens (tertiary/aromatic N) is 1. The zero-order chi connectivity index (χ0) is 10.8. The molecule has 78 valence electrons. The summed E-state index contributed by atoms with van der Waals surface area (Å²) in [5, 5.41) is 11.6. The molecule has 4 nitrogen and oxygen atoms in total. The Balaban J connectivity index is 2.32. The van der Waals surface area contributed by atoms with Gasteiger partial charge in [0.1, 0.15) is 0 Å². The molecule has 0 radical (unpaired) electrons. The molecule has 1 N–H and O–H groups in total. The highest BCUT2D eigenvalue weighted by Crippen LogP contribution is 2.19. The van der Waals surface area contributed by atoms with Gasteiger partial charge in [-0.25, -0.2) is 0 Å². The number of aromatic amines is 1. The van der Waals surface area contributed by atoms with E-state index in [9.17, 15) is 10.1 Å². The van der Waals surface area contributed by atoms with Crippen molar-refractivity contribution in [1.82, 2.24) is 4.98 Å². The van der Waals surface area contributed by atoms with Crippen LogP contribution >= 0.6 is 0 Å². The number of nitrogens with one attached hydrogen (secondary N) is 1. The maximum absolute atomic E-state index is 10.6. The maximum Gasteiger partial charge on any atom is 0.214 e. The minimum atomic E-state index is -0.538. The summed E-state index contributed by atoms with van der Waals surface area (Å²) in [7, 11) is 0. The van der Waals surface area contributed by atoms with Crippen LogP contribution in [0.5, 0.6) is 0 Å². The Hall–Kier alpha value is -1.84. The van der Waals surface area contributed by atoms with E-state index >= 15 is 0 Å². The van der Waals surface area contributed by atoms with E-state index in [2.05, 4.69) is 4.98 Å². The lowest BCUT2D eigenvalue weighted by Gasteiger charge is -2.01. The Labute approximate surface area is 87.1 Å². The van der Waals surface area contributed by atoms with E-state index in [4.69, 9.17) is 0 Å². The molecule has 1 unspecified atom stereocenters. The number of rotatable bonds is 3. The van der Waals surface area contributed by atoms with Crippen LogP contribution < -0.4 is 0 Å². The van der Waals surface area contributed by atoms with E-state index in [1.165, 1.54) is 0 Å². The average Bonchev–Trinajstić information content (AvgIpc) is 2.62. The summed E-state index contributed by atoms with van der Waals surface area (Å²) in [6, 6.07) is 7.30. The van der Waals surface area contributed by atoms with Crippen molar-refractivity contribution in [3.05, 3.63) is 46.1 Å². The maximum atomic E-state index is 10.6. The van der Waals surface area contributed by atoms with Crippen molar-refractivity contribution in [1.29, 1.82) is 0 Å². The van der Waals surface area contributed by atoms with Gasteiger partial charge in [-0.3, -0.25) is 10.1 Å². The van der Waals surface area contributed by atoms with E-state index < -0.39 is 6.04 Å². The van der Waals surface area contributed by atoms with Gasteiger partial charge in [-0.15, -0.1) is 0 Å². The molecule has 0 saturated carbocycles. The molecule has 0 aliphatic rings. The Morgan fingerprint density at radius 1 is 1.47 bits per heavy atom. The second-order valence-corrected chi connectivity index (χ2v) is 3.70. The average molecular weight is 204 g/mol. The Morgan fingerprint density at radius 2 is 2.20 bits per heavy atom. The number of benzene rings is 1. The van der Waals surface area contributed by atoms with Crippen molar-refractivity contribution in [3.8, 4) is 0 Å². The van der Waals surface area contributed by atoms with Crippen molar-refractivity contribution >= 4 is 10.9 Å². The number of nitro groups is 1. The SMILES string of the molecule is CC(Cc1c[nH]c2ccccc12)[N+](=O)[O-]. The number of hydrogen-bond acceptors (Lipinski definition) is 2. The first-order valence-electron chi connectivity index (χ1n) is 4.87. The van der Waals surface area contributed by atoms with Crippen molar-refractivity contribution in [3.63, 3.8) is 0 Å². The number of aromatic nitrogens is 1. The molecule has 1 heterocycles. The third-order valence-electron chi connectivity index (χ3n) is 2.55. The van der Waals surface area contributed by atoms with E-state index in [0.29, 0.717) is 6.42 Å². The molecule has 1 aromatic heterocycles. The summed E-state index contributed by atoms with van der Waals surface area (Å²) in [4.78, 5) is 13.4. The lowest BCUT2D eigenvalue weighted by Crippen LogP contribution is -2.17. The van der Waals surface area contributed by atoms with Gasteiger partial charge in [-0.2, -0.15) is 0 Å². The quantitative estimate of drug-likeness (QED) is 0.616. The minimum Gasteiger partial charge on any atom is -0.361 e. The third-order valence-corrected chi connectivity index (χ3v) is 2.55. The fourth-order valence-corrected chi connectivity index (χ4v) is 1.69. The molecule has 2 rings (SSSR count). The van der Waals surface area contributed by atoms with Crippen molar-refractivity contribution in [2.45, 2.75) is 19.4 Å². The summed E-state index contributed by atoms with van der Waals surface area (Å²) < 4.78 is 0. The first-order valence-corrected chi connectivity index (χ1v) is 4.87. The van der Waals surface area contributed by atoms with Crippen LogP contribution in [0.1, 0.15) is 12.5 Å². The van der Waals surface area contributed by atoms with Crippen LogP contribution in [-0.4, -0.2) is 15.9 Å². The van der Waals surface area contributed by atoms with Crippen molar-refractivity contribution < 1.29 is 4.92 Å². The predicted molar refractivity (Wildman–Crippen MR) is 58.5 cm³/mol. The highest BCUT2D eigenvalue weighted by atomic mass is 16.6. The van der Waals surface area contributed by atoms with Crippen LogP contribution in [0.15, 0.2) is 30.5 Å². The van der Waals surface area contributed by atoms with Crippen LogP contribution in [0.3, 0.4) is 0 Å². The summed E-state index contributed by atoms with van der Waals surface area (Å²) in [6.45, 7) is 1.63. The summed E-state index contributed by atoms with van der Waals surface area (Å²) in [6.07, 6.45) is 2.32. The molecule has 0 amide bonds. The van der Waals surface area contributed by atoms with E-state index in [-0.39, 0.29) is 4.92 Å². The Kier molecular flexibility index (Phi) is 2.41. The Morgan fingerprint density at radius 3 is 2.93 bits per heavy atom. The molecule has 0 aliphatic carbocycles. The highest BCUT2D eigenvalue weighted by Gasteiger charge is 2.15. The number of fused-ring (bicyclic) bond motifs is 1. The normalized spacial score (nSPS) is 12.9. The third kappa shape index (κ3) is 1.83. The minimum absolute atomic E-state index is 0.248. The predicted octanol–water partition coefficient (Wildman–Crippen LogP) is 2.38. The molecule has 1 atom stereocenters. The molecule has 0 saturated heterocycles. The zero-order valence-electron chi connectivity index (χ0n) is 8.43. The van der Waals surface area contributed by atoms with Crippen LogP contribution in [0.25, 0.3) is 10.9 Å². The lowest BCUT2D eigenvalue weighted by atomic mass is 10.1. The van der Waals surface area contributed by atoms with Crippen LogP contribution in [0.2, 0.25) is 0 Å². The number of para-hydroxylation sites is 1. The topological polar surface area (TPSA) is 58.9 Å². The number of hydrogen-bond donors (Lipinski definition) is 1. The second kappa shape index (κ2) is 3.73. The summed E-state index contributed by atoms with van der Waals surface area (Å²) in [5.74, 6) is 0. The number of H-pyrrole nitrogens is 1. The van der Waals surface area contributed by atoms with Crippen LogP contribution in [0.4, 0.5) is 0 Å². The van der Waals surface area contributed by atoms with Gasteiger partial charge < -0.3 is 4.98 Å². The molecule has 1 aromatic carbocycles. The second-order valence-electron chi connectivity index (χ2n) is 3.70. The summed E-state index contributed by atoms with van der Waals surface area (Å²) >= 11 is 0. The molecule has 2 aromatic rings. The molecular weight excluding hydrogens is 192 g/mol. The van der Waals surface area contributed by atoms with Crippen molar-refractivity contribution in [2.24, 2.45) is 0 Å². The Bertz CT molecular complexity index is 490. The molecule has 4 heteroatoms. The monoisotopic (exact) mass is 204 g/mol. The fraction of sp³-hybridized carbons (Fsp3) is 0.273. The van der Waals surface area contributed by atoms with Gasteiger partial charge in [0.05, 0.1) is 0 Å². The first-order chi connectivity index (χ1) is 7.18. The standard InChI is InChI=1S/C11H12N2O2/c1-8(13(14)15)6-9-7-12-11-5-3-2-4-10(9)11/h2-5,7-8,12H,6H2,1H3. The summed E-state index contributed by atoms with van der Waals surface area (Å²) in [5.41, 5.74) is 2.04. The van der Waals surface area contributed by atoms with Gasteiger partial charge in [0.2, 0.25) is 6.04 Å². The molecular formula is C11H12N2O2. The largest absolute Gasteiger partial charge is 0.361 e. The smallest absolute Gasteiger partial charge is 0.214 e. The van der Waals surface area contributed by atoms with Gasteiger partial charge >= 0.3 is 0 Å². The van der Waals surface area contributed by atoms with E-state index in [1.54, 1.807) is 6.92 Å². The van der Waals surface area contributed by atoms with Gasteiger partial charge in [0, 0.05) is 35.4 Å². The van der Waals surface area contributed by atoms with Crippen LogP contribution in [0, 0.1) is 10.1 Å². The fourth-order valence-electron chi connectivity index (χ4n) is 1.69. The lowest BCUT2D eigenvalue weighted by molar-refractivity contribution is -0.517. The van der Waals surface area contributed by atoms with Crippen molar-refractivity contribution in [2.75, 3.05) is 0 Å². The van der Waals surface area contributed by atoms with Crippen LogP contribution in [-0.2, 0) is 6.42 Å². The zero-order valence-corrected chi connectivity index (χ0v) is 8.43. The molecule has 0 fully saturated rings. The van der Waals surface area contributed by atoms with E-state index in [1.807, 2.05) is 30.5 Å². The highest BCUT2D eigenvalue weighted by molar-refractivity contribution is 5.83. The molecule has 0 spiro atoms. The first kappa shape index (κ1) is 9.71. The molecule has 0 bridgehead atoms. The van der Waals surface area contributed by atoms with Gasteiger partial charge in [-0.1, -0.05) is 18.2 Å². The van der Waals surface area contributed by atoms with Gasteiger partial charge in [0.15, 0.2) is 0 Å².